The van der Waals surface area contributed by atoms with E-state index in [9.17, 15) is 13.2 Å². The average molecular weight is 307 g/mol. The Morgan fingerprint density at radius 2 is 2.10 bits per heavy atom. The molecule has 20 heavy (non-hydrogen) atoms. The number of nitrogens with one attached hydrogen (secondary N) is 2. The van der Waals surface area contributed by atoms with E-state index in [0.717, 1.165) is 32.9 Å². The van der Waals surface area contributed by atoms with Crippen LogP contribution in [0.2, 0.25) is 0 Å². The van der Waals surface area contributed by atoms with Gasteiger partial charge in [0.1, 0.15) is 0 Å². The van der Waals surface area contributed by atoms with Crippen LogP contribution in [0, 0.1) is 5.92 Å². The van der Waals surface area contributed by atoms with Gasteiger partial charge in [0, 0.05) is 19.1 Å². The lowest BCUT2D eigenvalue weighted by Gasteiger charge is -2.37. The van der Waals surface area contributed by atoms with Crippen molar-refractivity contribution in [3.63, 3.8) is 0 Å². The molecule has 1 rings (SSSR count). The first-order valence-electron chi connectivity index (χ1n) is 7.03. The van der Waals surface area contributed by atoms with E-state index >= 15 is 0 Å². The third-order valence-corrected chi connectivity index (χ3v) is 5.05. The maximum Gasteiger partial charge on any atom is 0.421 e. The van der Waals surface area contributed by atoms with Crippen LogP contribution >= 0.6 is 0 Å². The molecule has 7 nitrogen and oxygen atoms in total. The highest BCUT2D eigenvalue weighted by Crippen LogP contribution is 2.22. The number of amides is 1. The number of carbonyl (C=O) groups excluding carboxylic acids is 1. The lowest BCUT2D eigenvalue weighted by atomic mass is 9.91. The first-order chi connectivity index (χ1) is 9.44. The zero-order valence-electron chi connectivity index (χ0n) is 12.4. The van der Waals surface area contributed by atoms with Crippen molar-refractivity contribution in [2.45, 2.75) is 39.2 Å². The van der Waals surface area contributed by atoms with Gasteiger partial charge >= 0.3 is 16.3 Å². The molecule has 8 heteroatoms. The summed E-state index contributed by atoms with van der Waals surface area (Å²) in [6.07, 6.45) is 1.75. The van der Waals surface area contributed by atoms with Crippen LogP contribution in [0.1, 0.15) is 33.1 Å². The lowest BCUT2D eigenvalue weighted by Crippen LogP contribution is -2.54. The highest BCUT2D eigenvalue weighted by atomic mass is 32.2. The standard InChI is InChI=1S/C12H25N3O4S/c1-4-7-13-11-6-8-15(9-10(11)5-2)20(17,18)14-12(16)19-3/h10-11,13H,4-9H2,1-3H3,(H,14,16). The summed E-state index contributed by atoms with van der Waals surface area (Å²) < 4.78 is 31.6. The molecule has 1 aliphatic heterocycles. The van der Waals surface area contributed by atoms with Gasteiger partial charge in [-0.05, 0) is 25.3 Å². The number of carbonyl (C=O) groups is 1. The Labute approximate surface area is 121 Å². The monoisotopic (exact) mass is 307 g/mol. The van der Waals surface area contributed by atoms with E-state index in [1.165, 1.54) is 4.31 Å². The predicted molar refractivity (Wildman–Crippen MR) is 76.5 cm³/mol. The van der Waals surface area contributed by atoms with Crippen molar-refractivity contribution in [3.8, 4) is 0 Å². The van der Waals surface area contributed by atoms with Gasteiger partial charge in [-0.1, -0.05) is 20.3 Å². The van der Waals surface area contributed by atoms with E-state index in [1.54, 1.807) is 0 Å². The van der Waals surface area contributed by atoms with Crippen LogP contribution in [0.25, 0.3) is 0 Å². The molecule has 0 aromatic carbocycles. The fourth-order valence-electron chi connectivity index (χ4n) is 2.44. The minimum absolute atomic E-state index is 0.254. The summed E-state index contributed by atoms with van der Waals surface area (Å²) in [6, 6.07) is 0.338. The molecule has 1 aliphatic rings. The Morgan fingerprint density at radius 3 is 2.65 bits per heavy atom. The van der Waals surface area contributed by atoms with E-state index < -0.39 is 16.3 Å². The number of ether oxygens (including phenoxy) is 1. The van der Waals surface area contributed by atoms with Crippen molar-refractivity contribution in [2.75, 3.05) is 26.7 Å². The van der Waals surface area contributed by atoms with Crippen LogP contribution in [-0.4, -0.2) is 51.6 Å². The molecule has 0 saturated carbocycles. The average Bonchev–Trinajstić information content (AvgIpc) is 2.44. The minimum atomic E-state index is -3.80. The van der Waals surface area contributed by atoms with Crippen LogP contribution in [0.4, 0.5) is 4.79 Å². The van der Waals surface area contributed by atoms with Crippen molar-refractivity contribution in [3.05, 3.63) is 0 Å². The van der Waals surface area contributed by atoms with E-state index in [-0.39, 0.29) is 5.92 Å². The highest BCUT2D eigenvalue weighted by molar-refractivity contribution is 7.87. The maximum absolute atomic E-state index is 12.0. The molecule has 1 fully saturated rings. The molecular weight excluding hydrogens is 282 g/mol. The van der Waals surface area contributed by atoms with Crippen molar-refractivity contribution in [2.24, 2.45) is 5.92 Å². The second-order valence-electron chi connectivity index (χ2n) is 4.97. The van der Waals surface area contributed by atoms with Gasteiger partial charge in [0.2, 0.25) is 0 Å². The molecule has 0 radical (unpaired) electrons. The molecular formula is C12H25N3O4S. The molecule has 0 aromatic heterocycles. The van der Waals surface area contributed by atoms with E-state index in [1.807, 2.05) is 4.72 Å². The summed E-state index contributed by atoms with van der Waals surface area (Å²) in [5.41, 5.74) is 0. The molecule has 0 spiro atoms. The molecule has 2 atom stereocenters. The summed E-state index contributed by atoms with van der Waals surface area (Å²) in [6.45, 7) is 5.92. The quantitative estimate of drug-likeness (QED) is 0.754. The number of rotatable bonds is 6. The van der Waals surface area contributed by atoms with Crippen molar-refractivity contribution in [1.82, 2.24) is 14.3 Å². The van der Waals surface area contributed by atoms with Crippen LogP contribution in [-0.2, 0) is 14.9 Å². The number of piperidine rings is 1. The number of methoxy groups -OCH3 is 1. The first kappa shape index (κ1) is 17.2. The van der Waals surface area contributed by atoms with Gasteiger partial charge in [0.05, 0.1) is 7.11 Å². The SMILES string of the molecule is CCCNC1CCN(S(=O)(=O)NC(=O)OC)CC1CC. The lowest BCUT2D eigenvalue weighted by molar-refractivity contribution is 0.174. The molecule has 0 aromatic rings. The van der Waals surface area contributed by atoms with Crippen molar-refractivity contribution in [1.29, 1.82) is 0 Å². The Kier molecular flexibility index (Phi) is 6.70. The summed E-state index contributed by atoms with van der Waals surface area (Å²) in [5.74, 6) is 0.254. The van der Waals surface area contributed by atoms with Gasteiger partial charge in [-0.15, -0.1) is 0 Å². The van der Waals surface area contributed by atoms with Gasteiger partial charge in [0.15, 0.2) is 0 Å². The normalized spacial score (nSPS) is 24.4. The van der Waals surface area contributed by atoms with Gasteiger partial charge in [-0.3, -0.25) is 0 Å². The van der Waals surface area contributed by atoms with Gasteiger partial charge < -0.3 is 10.1 Å². The smallest absolute Gasteiger partial charge is 0.421 e. The van der Waals surface area contributed by atoms with E-state index in [0.29, 0.717) is 19.1 Å². The van der Waals surface area contributed by atoms with E-state index in [4.69, 9.17) is 0 Å². The molecule has 1 amide bonds. The van der Waals surface area contributed by atoms with Crippen molar-refractivity contribution >= 4 is 16.3 Å². The Balaban J connectivity index is 2.65. The highest BCUT2D eigenvalue weighted by Gasteiger charge is 2.34. The topological polar surface area (TPSA) is 87.7 Å². The second kappa shape index (κ2) is 7.80. The number of nitrogens with zero attached hydrogens (tertiary/aromatic N) is 1. The summed E-state index contributed by atoms with van der Waals surface area (Å²) >= 11 is 0. The zero-order chi connectivity index (χ0) is 15.2. The summed E-state index contributed by atoms with van der Waals surface area (Å²) in [7, 11) is -2.66. The van der Waals surface area contributed by atoms with Gasteiger partial charge in [-0.2, -0.15) is 12.7 Å². The molecule has 2 unspecified atom stereocenters. The predicted octanol–water partition coefficient (Wildman–Crippen LogP) is 0.687. The third-order valence-electron chi connectivity index (χ3n) is 3.62. The molecule has 2 N–H and O–H groups in total. The summed E-state index contributed by atoms with van der Waals surface area (Å²) in [5, 5.41) is 3.46. The first-order valence-corrected chi connectivity index (χ1v) is 8.47. The molecule has 1 heterocycles. The van der Waals surface area contributed by atoms with E-state index in [2.05, 4.69) is 23.9 Å². The molecule has 0 aliphatic carbocycles. The minimum Gasteiger partial charge on any atom is -0.452 e. The second-order valence-corrected chi connectivity index (χ2v) is 6.64. The fraction of sp³-hybridized carbons (Fsp3) is 0.917. The van der Waals surface area contributed by atoms with Gasteiger partial charge in [0.25, 0.3) is 0 Å². The number of hydrogen-bond acceptors (Lipinski definition) is 5. The largest absolute Gasteiger partial charge is 0.452 e. The molecule has 1 saturated heterocycles. The molecule has 0 bridgehead atoms. The van der Waals surface area contributed by atoms with Crippen LogP contribution in [0.5, 0.6) is 0 Å². The third kappa shape index (κ3) is 4.60. The van der Waals surface area contributed by atoms with Crippen molar-refractivity contribution < 1.29 is 17.9 Å². The van der Waals surface area contributed by atoms with Gasteiger partial charge in [-0.25, -0.2) is 9.52 Å². The molecule has 118 valence electrons. The zero-order valence-corrected chi connectivity index (χ0v) is 13.2. The Morgan fingerprint density at radius 1 is 1.40 bits per heavy atom. The Hall–Kier alpha value is -0.860. The summed E-state index contributed by atoms with van der Waals surface area (Å²) in [4.78, 5) is 11.1. The maximum atomic E-state index is 12.0. The van der Waals surface area contributed by atoms with Crippen LogP contribution < -0.4 is 10.0 Å². The Bertz CT molecular complexity index is 413. The number of hydrogen-bond donors (Lipinski definition) is 2. The van der Waals surface area contributed by atoms with Crippen LogP contribution in [0.15, 0.2) is 0 Å². The fourth-order valence-corrected chi connectivity index (χ4v) is 3.60. The van der Waals surface area contributed by atoms with Crippen LogP contribution in [0.3, 0.4) is 0 Å².